The molecule has 3 aromatic rings. The van der Waals surface area contributed by atoms with Crippen molar-refractivity contribution in [3.05, 3.63) is 89.6 Å². The number of amides is 3. The van der Waals surface area contributed by atoms with Crippen LogP contribution in [0.2, 0.25) is 0 Å². The first-order chi connectivity index (χ1) is 16.9. The molecule has 1 fully saturated rings. The summed E-state index contributed by atoms with van der Waals surface area (Å²) >= 11 is 0. The predicted molar refractivity (Wildman–Crippen MR) is 129 cm³/mol. The molecular weight excluding hydrogens is 449 g/mol. The monoisotopic (exact) mass is 477 g/mol. The molecule has 1 aromatic heterocycles. The molecule has 1 unspecified atom stereocenters. The van der Waals surface area contributed by atoms with Crippen LogP contribution in [0, 0.1) is 12.7 Å². The van der Waals surface area contributed by atoms with Crippen molar-refractivity contribution >= 4 is 23.4 Å². The van der Waals surface area contributed by atoms with Gasteiger partial charge in [-0.1, -0.05) is 42.7 Å². The maximum Gasteiger partial charge on any atom is 0.287 e. The van der Waals surface area contributed by atoms with Gasteiger partial charge in [0.15, 0.2) is 5.76 Å². The summed E-state index contributed by atoms with van der Waals surface area (Å²) in [6, 6.07) is 14.8. The first-order valence-electron chi connectivity index (χ1n) is 11.7. The first kappa shape index (κ1) is 24.2. The zero-order valence-corrected chi connectivity index (χ0v) is 19.5. The molecule has 0 spiro atoms. The summed E-state index contributed by atoms with van der Waals surface area (Å²) < 4.78 is 18.8. The van der Waals surface area contributed by atoms with Crippen molar-refractivity contribution in [1.82, 2.24) is 10.6 Å². The minimum Gasteiger partial charge on any atom is -0.459 e. The van der Waals surface area contributed by atoms with E-state index in [0.29, 0.717) is 11.3 Å². The predicted octanol–water partition coefficient (Wildman–Crippen LogP) is 4.29. The Hall–Kier alpha value is -3.94. The summed E-state index contributed by atoms with van der Waals surface area (Å²) in [5.74, 6) is -1.75. The highest BCUT2D eigenvalue weighted by molar-refractivity contribution is 6.04. The van der Waals surface area contributed by atoms with Crippen LogP contribution in [0.1, 0.15) is 53.4 Å². The zero-order chi connectivity index (χ0) is 24.8. The number of halogens is 1. The van der Waals surface area contributed by atoms with E-state index in [0.717, 1.165) is 31.2 Å². The highest BCUT2D eigenvalue weighted by Gasteiger charge is 2.34. The van der Waals surface area contributed by atoms with Crippen molar-refractivity contribution in [2.24, 2.45) is 0 Å². The standard InChI is InChI=1S/C27H28FN3O4/c1-18-8-14-22(15-9-18)31(24(32)17-29-26(33)23-7-4-16-35-23)25(19-10-12-20(28)13-11-19)27(34)30-21-5-2-3-6-21/h4,7-16,21,25H,2-3,5-6,17H2,1H3,(H,29,33)(H,30,34). The van der Waals surface area contributed by atoms with Gasteiger partial charge in [-0.25, -0.2) is 4.39 Å². The molecule has 1 heterocycles. The second-order valence-electron chi connectivity index (χ2n) is 8.70. The second-order valence-corrected chi connectivity index (χ2v) is 8.70. The Morgan fingerprint density at radius 3 is 2.34 bits per heavy atom. The van der Waals surface area contributed by atoms with Crippen LogP contribution >= 0.6 is 0 Å². The van der Waals surface area contributed by atoms with Gasteiger partial charge in [-0.2, -0.15) is 0 Å². The normalized spacial score (nSPS) is 14.3. The maximum atomic E-state index is 13.7. The van der Waals surface area contributed by atoms with Crippen LogP contribution in [0.15, 0.2) is 71.3 Å². The van der Waals surface area contributed by atoms with E-state index < -0.39 is 23.7 Å². The Morgan fingerprint density at radius 1 is 1.03 bits per heavy atom. The number of hydrogen-bond donors (Lipinski definition) is 2. The van der Waals surface area contributed by atoms with Crippen LogP contribution < -0.4 is 15.5 Å². The van der Waals surface area contributed by atoms with Crippen molar-refractivity contribution in [2.75, 3.05) is 11.4 Å². The molecule has 1 aliphatic carbocycles. The number of hydrogen-bond acceptors (Lipinski definition) is 4. The molecule has 1 saturated carbocycles. The van der Waals surface area contributed by atoms with Gasteiger partial charge in [0.25, 0.3) is 5.91 Å². The largest absolute Gasteiger partial charge is 0.459 e. The average Bonchev–Trinajstić information content (AvgIpc) is 3.57. The van der Waals surface area contributed by atoms with E-state index in [1.807, 2.05) is 19.1 Å². The van der Waals surface area contributed by atoms with Gasteiger partial charge >= 0.3 is 0 Å². The summed E-state index contributed by atoms with van der Waals surface area (Å²) in [5.41, 5.74) is 1.94. The van der Waals surface area contributed by atoms with Crippen molar-refractivity contribution < 1.29 is 23.2 Å². The number of carbonyl (C=O) groups excluding carboxylic acids is 3. The Bertz CT molecular complexity index is 1150. The molecular formula is C27H28FN3O4. The molecule has 7 nitrogen and oxygen atoms in total. The fraction of sp³-hybridized carbons (Fsp3) is 0.296. The number of anilines is 1. The Kier molecular flexibility index (Phi) is 7.60. The first-order valence-corrected chi connectivity index (χ1v) is 11.7. The van der Waals surface area contributed by atoms with Crippen LogP contribution in [-0.4, -0.2) is 30.3 Å². The number of aryl methyl sites for hydroxylation is 1. The fourth-order valence-electron chi connectivity index (χ4n) is 4.29. The number of furan rings is 1. The molecule has 3 amide bonds. The molecule has 8 heteroatoms. The second kappa shape index (κ2) is 11.0. The third-order valence-electron chi connectivity index (χ3n) is 6.12. The van der Waals surface area contributed by atoms with Gasteiger partial charge in [-0.15, -0.1) is 0 Å². The van der Waals surface area contributed by atoms with E-state index >= 15 is 0 Å². The Balaban J connectivity index is 1.67. The van der Waals surface area contributed by atoms with E-state index in [-0.39, 0.29) is 24.3 Å². The minimum absolute atomic E-state index is 0.0269. The molecule has 2 N–H and O–H groups in total. The van der Waals surface area contributed by atoms with E-state index in [1.165, 1.54) is 41.5 Å². The lowest BCUT2D eigenvalue weighted by molar-refractivity contribution is -0.126. The van der Waals surface area contributed by atoms with Gasteiger partial charge in [0, 0.05) is 11.7 Å². The van der Waals surface area contributed by atoms with Crippen molar-refractivity contribution in [2.45, 2.75) is 44.7 Å². The van der Waals surface area contributed by atoms with Gasteiger partial charge in [-0.3, -0.25) is 19.3 Å². The van der Waals surface area contributed by atoms with E-state index in [1.54, 1.807) is 18.2 Å². The summed E-state index contributed by atoms with van der Waals surface area (Å²) in [5, 5.41) is 5.63. The summed E-state index contributed by atoms with van der Waals surface area (Å²) in [6.07, 6.45) is 5.18. The van der Waals surface area contributed by atoms with E-state index in [2.05, 4.69) is 10.6 Å². The zero-order valence-electron chi connectivity index (χ0n) is 19.5. The average molecular weight is 478 g/mol. The quantitative estimate of drug-likeness (QED) is 0.506. The van der Waals surface area contributed by atoms with Gasteiger partial charge in [0.05, 0.1) is 12.8 Å². The highest BCUT2D eigenvalue weighted by Crippen LogP contribution is 2.30. The van der Waals surface area contributed by atoms with Crippen molar-refractivity contribution in [3.63, 3.8) is 0 Å². The molecule has 4 rings (SSSR count). The van der Waals surface area contributed by atoms with Gasteiger partial charge < -0.3 is 15.1 Å². The van der Waals surface area contributed by atoms with Crippen LogP contribution in [0.5, 0.6) is 0 Å². The minimum atomic E-state index is -1.05. The highest BCUT2D eigenvalue weighted by atomic mass is 19.1. The van der Waals surface area contributed by atoms with Gasteiger partial charge in [0.2, 0.25) is 11.8 Å². The molecule has 182 valence electrons. The van der Waals surface area contributed by atoms with Crippen LogP contribution in [0.4, 0.5) is 10.1 Å². The topological polar surface area (TPSA) is 91.7 Å². The number of carbonyl (C=O) groups is 3. The molecule has 0 saturated heterocycles. The third-order valence-corrected chi connectivity index (χ3v) is 6.12. The molecule has 2 aromatic carbocycles. The molecule has 1 aliphatic rings. The molecule has 0 aliphatic heterocycles. The van der Waals surface area contributed by atoms with Crippen molar-refractivity contribution in [3.8, 4) is 0 Å². The van der Waals surface area contributed by atoms with Crippen molar-refractivity contribution in [1.29, 1.82) is 0 Å². The fourth-order valence-corrected chi connectivity index (χ4v) is 4.29. The Labute approximate surface area is 203 Å². The van der Waals surface area contributed by atoms with Gasteiger partial charge in [-0.05, 0) is 61.7 Å². The molecule has 0 radical (unpaired) electrons. The number of rotatable bonds is 8. The smallest absolute Gasteiger partial charge is 0.287 e. The Morgan fingerprint density at radius 2 is 1.71 bits per heavy atom. The molecule has 0 bridgehead atoms. The summed E-state index contributed by atoms with van der Waals surface area (Å²) in [6.45, 7) is 1.56. The van der Waals surface area contributed by atoms with Crippen LogP contribution in [0.3, 0.4) is 0 Å². The third kappa shape index (κ3) is 5.95. The molecule has 1 atom stereocenters. The lowest BCUT2D eigenvalue weighted by atomic mass is 10.0. The van der Waals surface area contributed by atoms with E-state index in [4.69, 9.17) is 4.42 Å². The number of nitrogens with zero attached hydrogens (tertiary/aromatic N) is 1. The lowest BCUT2D eigenvalue weighted by Crippen LogP contribution is -2.49. The van der Waals surface area contributed by atoms with Gasteiger partial charge in [0.1, 0.15) is 11.9 Å². The number of nitrogens with one attached hydrogen (secondary N) is 2. The molecule has 35 heavy (non-hydrogen) atoms. The summed E-state index contributed by atoms with van der Waals surface area (Å²) in [7, 11) is 0. The lowest BCUT2D eigenvalue weighted by Gasteiger charge is -2.32. The van der Waals surface area contributed by atoms with Crippen LogP contribution in [0.25, 0.3) is 0 Å². The SMILES string of the molecule is Cc1ccc(N(C(=O)CNC(=O)c2ccco2)C(C(=O)NC2CCCC2)c2ccc(F)cc2)cc1. The van der Waals surface area contributed by atoms with E-state index in [9.17, 15) is 18.8 Å². The maximum absolute atomic E-state index is 13.7. The summed E-state index contributed by atoms with van der Waals surface area (Å²) in [4.78, 5) is 40.9. The van der Waals surface area contributed by atoms with Crippen LogP contribution in [-0.2, 0) is 9.59 Å². The number of benzene rings is 2.